The van der Waals surface area contributed by atoms with Crippen molar-refractivity contribution in [2.45, 2.75) is 12.0 Å². The first kappa shape index (κ1) is 14.2. The van der Waals surface area contributed by atoms with Crippen LogP contribution in [-0.2, 0) is 9.53 Å². The minimum atomic E-state index is -1.50. The van der Waals surface area contributed by atoms with Gasteiger partial charge in [0, 0.05) is 24.8 Å². The summed E-state index contributed by atoms with van der Waals surface area (Å²) in [4.78, 5) is 22.9. The Hall–Kier alpha value is -2.22. The second kappa shape index (κ2) is 5.41. The van der Waals surface area contributed by atoms with Crippen LogP contribution in [0.3, 0.4) is 0 Å². The molecule has 1 aromatic carbocycles. The molecule has 0 bridgehead atoms. The summed E-state index contributed by atoms with van der Waals surface area (Å²) in [6.45, 7) is 0.0747. The Balaban J connectivity index is 2.04. The number of carbonyl (C=O) groups excluding carboxylic acids is 1. The number of rotatable bonds is 3. The molecule has 0 aliphatic carbocycles. The van der Waals surface area contributed by atoms with Crippen LogP contribution in [-0.4, -0.2) is 35.9 Å². The van der Waals surface area contributed by atoms with Gasteiger partial charge in [0.2, 0.25) is 0 Å². The maximum Gasteiger partial charge on any atom is 0.332 e. The van der Waals surface area contributed by atoms with E-state index in [4.69, 9.17) is 9.84 Å². The fraction of sp³-hybridized carbons (Fsp3) is 0.333. The van der Waals surface area contributed by atoms with Crippen molar-refractivity contribution in [1.29, 1.82) is 0 Å². The van der Waals surface area contributed by atoms with Gasteiger partial charge < -0.3 is 20.5 Å². The van der Waals surface area contributed by atoms with Crippen molar-refractivity contribution in [3.8, 4) is 0 Å². The van der Waals surface area contributed by atoms with Crippen LogP contribution in [0.25, 0.3) is 0 Å². The molecule has 3 N–H and O–H groups in total. The summed E-state index contributed by atoms with van der Waals surface area (Å²) < 4.78 is 30.7. The lowest BCUT2D eigenvalue weighted by Crippen LogP contribution is -2.56. The number of ether oxygens (including phenoxy) is 1. The Morgan fingerprint density at radius 2 is 2.05 bits per heavy atom. The third-order valence-electron chi connectivity index (χ3n) is 2.96. The molecular formula is C12H12F2N2O4. The number of carboxylic acid groups (broad SMARTS) is 1. The van der Waals surface area contributed by atoms with Crippen molar-refractivity contribution >= 4 is 17.7 Å². The zero-order chi connectivity index (χ0) is 14.8. The Labute approximate surface area is 112 Å². The molecule has 0 radical (unpaired) electrons. The average Bonchev–Trinajstić information content (AvgIpc) is 2.83. The molecule has 1 atom stereocenters. The second-order valence-corrected chi connectivity index (χ2v) is 4.40. The standard InChI is InChI=1S/C12H12F2N2O4/c13-8-2-1-7(5-9(8)14)15-11(19)16-12(10(17)18)3-4-20-6-12/h1-2,5H,3-4,6H2,(H,17,18)(H2,15,16,19). The fourth-order valence-corrected chi connectivity index (χ4v) is 1.84. The van der Waals surface area contributed by atoms with Gasteiger partial charge in [0.05, 0.1) is 6.61 Å². The summed E-state index contributed by atoms with van der Waals surface area (Å²) in [6.07, 6.45) is 0.132. The Kier molecular flexibility index (Phi) is 3.84. The number of nitrogens with one attached hydrogen (secondary N) is 2. The Bertz CT molecular complexity index is 544. The highest BCUT2D eigenvalue weighted by Gasteiger charge is 2.44. The van der Waals surface area contributed by atoms with Crippen molar-refractivity contribution in [3.05, 3.63) is 29.8 Å². The minimum absolute atomic E-state index is 0.0147. The molecule has 1 aromatic rings. The number of amides is 2. The predicted molar refractivity (Wildman–Crippen MR) is 64.3 cm³/mol. The molecule has 1 unspecified atom stereocenters. The SMILES string of the molecule is O=C(Nc1ccc(F)c(F)c1)NC1(C(=O)O)CCOC1. The smallest absolute Gasteiger partial charge is 0.332 e. The van der Waals surface area contributed by atoms with Gasteiger partial charge in [-0.15, -0.1) is 0 Å². The fourth-order valence-electron chi connectivity index (χ4n) is 1.84. The number of anilines is 1. The van der Waals surface area contributed by atoms with Gasteiger partial charge in [-0.3, -0.25) is 0 Å². The summed E-state index contributed by atoms with van der Waals surface area (Å²) in [7, 11) is 0. The molecule has 0 spiro atoms. The number of hydrogen-bond donors (Lipinski definition) is 3. The molecular weight excluding hydrogens is 274 g/mol. The molecule has 1 saturated heterocycles. The summed E-state index contributed by atoms with van der Waals surface area (Å²) in [5, 5.41) is 13.7. The molecule has 1 fully saturated rings. The first-order valence-electron chi connectivity index (χ1n) is 5.78. The van der Waals surface area contributed by atoms with E-state index in [2.05, 4.69) is 10.6 Å². The van der Waals surface area contributed by atoms with Crippen LogP contribution in [0.2, 0.25) is 0 Å². The molecule has 2 rings (SSSR count). The van der Waals surface area contributed by atoms with Crippen LogP contribution >= 0.6 is 0 Å². The molecule has 0 aromatic heterocycles. The van der Waals surface area contributed by atoms with E-state index in [-0.39, 0.29) is 25.3 Å². The molecule has 2 amide bonds. The minimum Gasteiger partial charge on any atom is -0.479 e. The average molecular weight is 286 g/mol. The van der Waals surface area contributed by atoms with Crippen molar-refractivity contribution in [2.24, 2.45) is 0 Å². The third-order valence-corrected chi connectivity index (χ3v) is 2.96. The van der Waals surface area contributed by atoms with Crippen molar-refractivity contribution in [3.63, 3.8) is 0 Å². The summed E-state index contributed by atoms with van der Waals surface area (Å²) in [5.74, 6) is -3.36. The van der Waals surface area contributed by atoms with Gasteiger partial charge >= 0.3 is 12.0 Å². The van der Waals surface area contributed by atoms with Gasteiger partial charge in [0.1, 0.15) is 0 Å². The van der Waals surface area contributed by atoms with E-state index in [0.29, 0.717) is 0 Å². The Morgan fingerprint density at radius 3 is 2.60 bits per heavy atom. The van der Waals surface area contributed by atoms with Gasteiger partial charge in [-0.05, 0) is 12.1 Å². The highest BCUT2D eigenvalue weighted by molar-refractivity contribution is 5.94. The molecule has 1 aliphatic rings. The molecule has 1 aliphatic heterocycles. The summed E-state index contributed by atoms with van der Waals surface area (Å²) >= 11 is 0. The number of benzene rings is 1. The normalized spacial score (nSPS) is 21.5. The van der Waals surface area contributed by atoms with Gasteiger partial charge in [-0.1, -0.05) is 0 Å². The van der Waals surface area contributed by atoms with Crippen LogP contribution in [0.4, 0.5) is 19.3 Å². The van der Waals surface area contributed by atoms with Crippen LogP contribution in [0, 0.1) is 11.6 Å². The van der Waals surface area contributed by atoms with E-state index in [1.807, 2.05) is 0 Å². The van der Waals surface area contributed by atoms with Crippen molar-refractivity contribution in [1.82, 2.24) is 5.32 Å². The highest BCUT2D eigenvalue weighted by Crippen LogP contribution is 2.19. The van der Waals surface area contributed by atoms with Gasteiger partial charge in [-0.25, -0.2) is 18.4 Å². The number of hydrogen-bond acceptors (Lipinski definition) is 3. The number of carbonyl (C=O) groups is 2. The lowest BCUT2D eigenvalue weighted by atomic mass is 9.99. The van der Waals surface area contributed by atoms with E-state index in [9.17, 15) is 18.4 Å². The van der Waals surface area contributed by atoms with Crippen LogP contribution in [0.15, 0.2) is 18.2 Å². The largest absolute Gasteiger partial charge is 0.479 e. The molecule has 6 nitrogen and oxygen atoms in total. The Morgan fingerprint density at radius 1 is 1.30 bits per heavy atom. The molecule has 20 heavy (non-hydrogen) atoms. The van der Waals surface area contributed by atoms with Crippen LogP contribution in [0.1, 0.15) is 6.42 Å². The van der Waals surface area contributed by atoms with E-state index >= 15 is 0 Å². The monoisotopic (exact) mass is 286 g/mol. The quantitative estimate of drug-likeness (QED) is 0.782. The maximum atomic E-state index is 13.0. The lowest BCUT2D eigenvalue weighted by molar-refractivity contribution is -0.144. The maximum absolute atomic E-state index is 13.0. The zero-order valence-electron chi connectivity index (χ0n) is 10.3. The van der Waals surface area contributed by atoms with Gasteiger partial charge in [0.15, 0.2) is 17.2 Å². The first-order valence-corrected chi connectivity index (χ1v) is 5.78. The van der Waals surface area contributed by atoms with E-state index < -0.39 is 29.2 Å². The molecule has 0 saturated carbocycles. The van der Waals surface area contributed by atoms with E-state index in [0.717, 1.165) is 18.2 Å². The van der Waals surface area contributed by atoms with Crippen molar-refractivity contribution in [2.75, 3.05) is 18.5 Å². The summed E-state index contributed by atoms with van der Waals surface area (Å²) in [5.41, 5.74) is -1.48. The van der Waals surface area contributed by atoms with Crippen LogP contribution in [0.5, 0.6) is 0 Å². The first-order chi connectivity index (χ1) is 9.43. The number of halogens is 2. The number of aliphatic carboxylic acids is 1. The number of carboxylic acids is 1. The molecule has 8 heteroatoms. The van der Waals surface area contributed by atoms with E-state index in [1.54, 1.807) is 0 Å². The predicted octanol–water partition coefficient (Wildman–Crippen LogP) is 1.33. The lowest BCUT2D eigenvalue weighted by Gasteiger charge is -2.23. The molecule has 108 valence electrons. The summed E-state index contributed by atoms with van der Waals surface area (Å²) in [6, 6.07) is 1.99. The van der Waals surface area contributed by atoms with Crippen LogP contribution < -0.4 is 10.6 Å². The second-order valence-electron chi connectivity index (χ2n) is 4.40. The molecule has 1 heterocycles. The van der Waals surface area contributed by atoms with E-state index in [1.165, 1.54) is 0 Å². The topological polar surface area (TPSA) is 87.7 Å². The van der Waals surface area contributed by atoms with Crippen molar-refractivity contribution < 1.29 is 28.2 Å². The zero-order valence-corrected chi connectivity index (χ0v) is 10.3. The highest BCUT2D eigenvalue weighted by atomic mass is 19.2. The van der Waals surface area contributed by atoms with Gasteiger partial charge in [-0.2, -0.15) is 0 Å². The number of urea groups is 1. The van der Waals surface area contributed by atoms with Gasteiger partial charge in [0.25, 0.3) is 0 Å². The third kappa shape index (κ3) is 2.85.